The van der Waals surface area contributed by atoms with Crippen LogP contribution >= 0.6 is 0 Å². The maximum absolute atomic E-state index is 11.8. The fourth-order valence-electron chi connectivity index (χ4n) is 1.60. The molecule has 18 heavy (non-hydrogen) atoms. The molecule has 0 spiro atoms. The SMILES string of the molecule is CCCC(CN)NC(=O)c1ccc([N+](=O)[O-])cc1. The van der Waals surface area contributed by atoms with Crippen molar-refractivity contribution in [2.45, 2.75) is 25.8 Å². The highest BCUT2D eigenvalue weighted by Gasteiger charge is 2.13. The lowest BCUT2D eigenvalue weighted by atomic mass is 10.1. The third-order valence-electron chi connectivity index (χ3n) is 2.60. The lowest BCUT2D eigenvalue weighted by Crippen LogP contribution is -2.40. The van der Waals surface area contributed by atoms with Crippen LogP contribution in [0.2, 0.25) is 0 Å². The van der Waals surface area contributed by atoms with Crippen LogP contribution < -0.4 is 11.1 Å². The van der Waals surface area contributed by atoms with Crippen LogP contribution in [0.15, 0.2) is 24.3 Å². The molecule has 1 unspecified atom stereocenters. The third-order valence-corrected chi connectivity index (χ3v) is 2.60. The van der Waals surface area contributed by atoms with Crippen molar-refractivity contribution in [3.8, 4) is 0 Å². The van der Waals surface area contributed by atoms with E-state index in [0.29, 0.717) is 12.1 Å². The Morgan fingerprint density at radius 2 is 2.06 bits per heavy atom. The largest absolute Gasteiger partial charge is 0.348 e. The van der Waals surface area contributed by atoms with E-state index in [-0.39, 0.29) is 17.6 Å². The summed E-state index contributed by atoms with van der Waals surface area (Å²) in [6.45, 7) is 2.40. The Labute approximate surface area is 105 Å². The van der Waals surface area contributed by atoms with Crippen molar-refractivity contribution in [2.75, 3.05) is 6.54 Å². The van der Waals surface area contributed by atoms with Gasteiger partial charge in [0.05, 0.1) is 4.92 Å². The van der Waals surface area contributed by atoms with E-state index in [4.69, 9.17) is 5.73 Å². The van der Waals surface area contributed by atoms with E-state index in [1.54, 1.807) is 0 Å². The van der Waals surface area contributed by atoms with Gasteiger partial charge in [0.2, 0.25) is 0 Å². The zero-order valence-corrected chi connectivity index (χ0v) is 10.3. The first-order chi connectivity index (χ1) is 8.58. The number of carbonyl (C=O) groups excluding carboxylic acids is 1. The fourth-order valence-corrected chi connectivity index (χ4v) is 1.60. The Morgan fingerprint density at radius 3 is 2.50 bits per heavy atom. The van der Waals surface area contributed by atoms with Crippen LogP contribution in [-0.4, -0.2) is 23.4 Å². The number of non-ortho nitro benzene ring substituents is 1. The molecule has 0 aromatic heterocycles. The zero-order chi connectivity index (χ0) is 13.5. The average molecular weight is 251 g/mol. The second-order valence-corrected chi connectivity index (χ2v) is 4.00. The van der Waals surface area contributed by atoms with E-state index in [2.05, 4.69) is 5.32 Å². The molecule has 0 aliphatic rings. The Kier molecular flexibility index (Phi) is 5.26. The molecule has 1 rings (SSSR count). The summed E-state index contributed by atoms with van der Waals surface area (Å²) in [6, 6.07) is 5.44. The van der Waals surface area contributed by atoms with Gasteiger partial charge in [0.15, 0.2) is 0 Å². The summed E-state index contributed by atoms with van der Waals surface area (Å²) in [5.74, 6) is -0.256. The molecule has 6 nitrogen and oxygen atoms in total. The Balaban J connectivity index is 2.69. The topological polar surface area (TPSA) is 98.3 Å². The van der Waals surface area contributed by atoms with Crippen LogP contribution in [0.25, 0.3) is 0 Å². The van der Waals surface area contributed by atoms with Crippen LogP contribution in [-0.2, 0) is 0 Å². The highest BCUT2D eigenvalue weighted by atomic mass is 16.6. The highest BCUT2D eigenvalue weighted by molar-refractivity contribution is 5.94. The first-order valence-electron chi connectivity index (χ1n) is 5.83. The maximum Gasteiger partial charge on any atom is 0.269 e. The molecule has 98 valence electrons. The number of carbonyl (C=O) groups is 1. The molecule has 0 heterocycles. The van der Waals surface area contributed by atoms with Gasteiger partial charge in [-0.15, -0.1) is 0 Å². The van der Waals surface area contributed by atoms with E-state index in [1.807, 2.05) is 6.92 Å². The molecule has 0 fully saturated rings. The molecule has 1 aromatic carbocycles. The number of nitro groups is 1. The van der Waals surface area contributed by atoms with Crippen molar-refractivity contribution in [1.29, 1.82) is 0 Å². The summed E-state index contributed by atoms with van der Waals surface area (Å²) in [4.78, 5) is 21.8. The standard InChI is InChI=1S/C12H17N3O3/c1-2-3-10(8-13)14-12(16)9-4-6-11(7-5-9)15(17)18/h4-7,10H,2-3,8,13H2,1H3,(H,14,16). The van der Waals surface area contributed by atoms with Gasteiger partial charge in [-0.05, 0) is 18.6 Å². The molecule has 0 aliphatic carbocycles. The van der Waals surface area contributed by atoms with Gasteiger partial charge in [-0.3, -0.25) is 14.9 Å². The van der Waals surface area contributed by atoms with E-state index in [9.17, 15) is 14.9 Å². The molecule has 0 aliphatic heterocycles. The molecule has 1 aromatic rings. The molecule has 0 saturated heterocycles. The number of nitrogens with zero attached hydrogens (tertiary/aromatic N) is 1. The Bertz CT molecular complexity index is 417. The first-order valence-corrected chi connectivity index (χ1v) is 5.83. The normalized spacial score (nSPS) is 11.9. The van der Waals surface area contributed by atoms with Gasteiger partial charge >= 0.3 is 0 Å². The van der Waals surface area contributed by atoms with Gasteiger partial charge in [-0.2, -0.15) is 0 Å². The van der Waals surface area contributed by atoms with Gasteiger partial charge in [-0.25, -0.2) is 0 Å². The number of nitrogens with one attached hydrogen (secondary N) is 1. The van der Waals surface area contributed by atoms with Gasteiger partial charge < -0.3 is 11.1 Å². The predicted molar refractivity (Wildman–Crippen MR) is 68.3 cm³/mol. The van der Waals surface area contributed by atoms with E-state index in [1.165, 1.54) is 24.3 Å². The molecule has 3 N–H and O–H groups in total. The van der Waals surface area contributed by atoms with Crippen molar-refractivity contribution in [3.63, 3.8) is 0 Å². The Morgan fingerprint density at radius 1 is 1.44 bits per heavy atom. The third kappa shape index (κ3) is 3.81. The molecule has 0 bridgehead atoms. The maximum atomic E-state index is 11.8. The van der Waals surface area contributed by atoms with Crippen LogP contribution in [0.3, 0.4) is 0 Å². The minimum Gasteiger partial charge on any atom is -0.348 e. The summed E-state index contributed by atoms with van der Waals surface area (Å²) in [7, 11) is 0. The van der Waals surface area contributed by atoms with E-state index in [0.717, 1.165) is 12.8 Å². The quantitative estimate of drug-likeness (QED) is 0.590. The van der Waals surface area contributed by atoms with Gasteiger partial charge in [0.1, 0.15) is 0 Å². The minimum atomic E-state index is -0.499. The zero-order valence-electron chi connectivity index (χ0n) is 10.3. The summed E-state index contributed by atoms with van der Waals surface area (Å²) in [5.41, 5.74) is 5.91. The molecule has 0 saturated carbocycles. The number of amides is 1. The average Bonchev–Trinajstić information content (AvgIpc) is 2.38. The molecular formula is C12H17N3O3. The molecular weight excluding hydrogens is 234 g/mol. The fraction of sp³-hybridized carbons (Fsp3) is 0.417. The molecule has 1 amide bonds. The summed E-state index contributed by atoms with van der Waals surface area (Å²) < 4.78 is 0. The number of rotatable bonds is 6. The monoisotopic (exact) mass is 251 g/mol. The smallest absolute Gasteiger partial charge is 0.269 e. The van der Waals surface area contributed by atoms with Crippen molar-refractivity contribution in [1.82, 2.24) is 5.32 Å². The van der Waals surface area contributed by atoms with Crippen LogP contribution in [0.5, 0.6) is 0 Å². The number of nitro benzene ring substituents is 1. The summed E-state index contributed by atoms with van der Waals surface area (Å²) >= 11 is 0. The first kappa shape index (κ1) is 14.1. The van der Waals surface area contributed by atoms with Crippen molar-refractivity contribution in [3.05, 3.63) is 39.9 Å². The van der Waals surface area contributed by atoms with Crippen LogP contribution in [0.1, 0.15) is 30.1 Å². The number of nitrogens with two attached hydrogens (primary N) is 1. The lowest BCUT2D eigenvalue weighted by molar-refractivity contribution is -0.384. The number of hydrogen-bond acceptors (Lipinski definition) is 4. The van der Waals surface area contributed by atoms with Crippen molar-refractivity contribution >= 4 is 11.6 Å². The summed E-state index contributed by atoms with van der Waals surface area (Å²) in [6.07, 6.45) is 1.75. The van der Waals surface area contributed by atoms with Crippen molar-refractivity contribution < 1.29 is 9.72 Å². The number of hydrogen-bond donors (Lipinski definition) is 2. The van der Waals surface area contributed by atoms with Gasteiger partial charge in [0, 0.05) is 30.3 Å². The predicted octanol–water partition coefficient (Wildman–Crippen LogP) is 1.45. The van der Waals surface area contributed by atoms with Crippen LogP contribution in [0, 0.1) is 10.1 Å². The van der Waals surface area contributed by atoms with E-state index < -0.39 is 4.92 Å². The molecule has 6 heteroatoms. The van der Waals surface area contributed by atoms with Gasteiger partial charge in [0.25, 0.3) is 11.6 Å². The van der Waals surface area contributed by atoms with Crippen LogP contribution in [0.4, 0.5) is 5.69 Å². The second kappa shape index (κ2) is 6.70. The molecule has 0 radical (unpaired) electrons. The van der Waals surface area contributed by atoms with Crippen molar-refractivity contribution in [2.24, 2.45) is 5.73 Å². The second-order valence-electron chi connectivity index (χ2n) is 4.00. The highest BCUT2D eigenvalue weighted by Crippen LogP contribution is 2.12. The minimum absolute atomic E-state index is 0.0320. The number of benzene rings is 1. The summed E-state index contributed by atoms with van der Waals surface area (Å²) in [5, 5.41) is 13.3. The van der Waals surface area contributed by atoms with E-state index >= 15 is 0 Å². The Hall–Kier alpha value is -1.95. The lowest BCUT2D eigenvalue weighted by Gasteiger charge is -2.15. The molecule has 1 atom stereocenters. The van der Waals surface area contributed by atoms with Gasteiger partial charge in [-0.1, -0.05) is 13.3 Å².